The van der Waals surface area contributed by atoms with Gasteiger partial charge >= 0.3 is 10.4 Å². The second kappa shape index (κ2) is 18.2. The third kappa shape index (κ3) is 31.5. The molecule has 0 aromatic heterocycles. The van der Waals surface area contributed by atoms with Crippen molar-refractivity contribution in [3.63, 3.8) is 0 Å². The SMILES string of the molecule is CCCCCCCCCCCCCCCCC(C)(N)O.COS(=O)(=O)O. The Balaban J connectivity index is 0. The molecule has 0 amide bonds. The molecule has 0 aliphatic rings. The highest BCUT2D eigenvalue weighted by Gasteiger charge is 2.11. The van der Waals surface area contributed by atoms with Crippen LogP contribution in [0.25, 0.3) is 0 Å². The molecule has 0 rings (SSSR count). The van der Waals surface area contributed by atoms with Crippen LogP contribution in [0.5, 0.6) is 0 Å². The molecule has 1 unspecified atom stereocenters. The van der Waals surface area contributed by atoms with Crippen molar-refractivity contribution in [1.82, 2.24) is 0 Å². The standard InChI is InChI=1S/C18H39NO.CH4O4S/c1-3-4-5-6-7-8-9-10-11-12-13-14-15-16-17-18(2,19)20;1-5-6(2,3)4/h20H,3-17,19H2,1-2H3;1H3,(H,2,3,4). The molecular formula is C19H43NO5S. The van der Waals surface area contributed by atoms with Gasteiger partial charge in [0.15, 0.2) is 0 Å². The van der Waals surface area contributed by atoms with Gasteiger partial charge in [0.05, 0.1) is 7.11 Å². The summed E-state index contributed by atoms with van der Waals surface area (Å²) in [6.07, 6.45) is 19.8. The predicted molar refractivity (Wildman–Crippen MR) is 108 cm³/mol. The largest absolute Gasteiger partial charge is 0.397 e. The Morgan fingerprint density at radius 3 is 1.31 bits per heavy atom. The van der Waals surface area contributed by atoms with Gasteiger partial charge < -0.3 is 10.8 Å². The summed E-state index contributed by atoms with van der Waals surface area (Å²) in [5.74, 6) is 0. The summed E-state index contributed by atoms with van der Waals surface area (Å²) in [6, 6.07) is 0. The molecule has 0 bridgehead atoms. The summed E-state index contributed by atoms with van der Waals surface area (Å²) < 4.78 is 29.7. The number of aliphatic hydroxyl groups is 1. The van der Waals surface area contributed by atoms with E-state index in [4.69, 9.17) is 10.3 Å². The Kier molecular flexibility index (Phi) is 19.6. The second-order valence-electron chi connectivity index (χ2n) is 7.30. The lowest BCUT2D eigenvalue weighted by atomic mass is 10.0. The molecule has 4 N–H and O–H groups in total. The van der Waals surface area contributed by atoms with E-state index in [-0.39, 0.29) is 0 Å². The van der Waals surface area contributed by atoms with Crippen LogP contribution < -0.4 is 5.73 Å². The van der Waals surface area contributed by atoms with Crippen LogP contribution in [0.3, 0.4) is 0 Å². The molecule has 0 fully saturated rings. The molecule has 0 heterocycles. The van der Waals surface area contributed by atoms with Gasteiger partial charge in [0.2, 0.25) is 0 Å². The van der Waals surface area contributed by atoms with Crippen LogP contribution in [0.15, 0.2) is 0 Å². The number of rotatable bonds is 16. The Bertz CT molecular complexity index is 380. The molecule has 0 aliphatic heterocycles. The van der Waals surface area contributed by atoms with Crippen LogP contribution in [0, 0.1) is 0 Å². The number of hydrogen-bond donors (Lipinski definition) is 3. The third-order valence-corrected chi connectivity index (χ3v) is 4.67. The highest BCUT2D eigenvalue weighted by molar-refractivity contribution is 7.80. The molecule has 7 heteroatoms. The van der Waals surface area contributed by atoms with E-state index in [1.807, 2.05) is 0 Å². The fraction of sp³-hybridized carbons (Fsp3) is 1.00. The van der Waals surface area contributed by atoms with Gasteiger partial charge in [-0.3, -0.25) is 8.74 Å². The van der Waals surface area contributed by atoms with Crippen molar-refractivity contribution >= 4 is 10.4 Å². The fourth-order valence-corrected chi connectivity index (χ4v) is 2.68. The molecule has 0 aromatic carbocycles. The summed E-state index contributed by atoms with van der Waals surface area (Å²) in [6.45, 7) is 3.97. The maximum Gasteiger partial charge on any atom is 0.397 e. The van der Waals surface area contributed by atoms with Crippen LogP contribution in [0.1, 0.15) is 110 Å². The van der Waals surface area contributed by atoms with E-state index in [2.05, 4.69) is 11.1 Å². The quantitative estimate of drug-likeness (QED) is 0.193. The molecule has 26 heavy (non-hydrogen) atoms. The van der Waals surface area contributed by atoms with Crippen LogP contribution >= 0.6 is 0 Å². The molecule has 0 aliphatic carbocycles. The van der Waals surface area contributed by atoms with E-state index in [1.165, 1.54) is 83.5 Å². The molecule has 0 spiro atoms. The zero-order chi connectivity index (χ0) is 20.3. The van der Waals surface area contributed by atoms with Gasteiger partial charge in [-0.15, -0.1) is 0 Å². The van der Waals surface area contributed by atoms with Gasteiger partial charge in [-0.25, -0.2) is 0 Å². The van der Waals surface area contributed by atoms with E-state index in [0.717, 1.165) is 20.0 Å². The van der Waals surface area contributed by atoms with Crippen molar-refractivity contribution in [1.29, 1.82) is 0 Å². The van der Waals surface area contributed by atoms with Gasteiger partial charge in [-0.1, -0.05) is 90.4 Å². The fourth-order valence-electron chi connectivity index (χ4n) is 2.68. The maximum absolute atomic E-state index is 9.39. The zero-order valence-electron chi connectivity index (χ0n) is 17.2. The summed E-state index contributed by atoms with van der Waals surface area (Å²) in [7, 11) is -3.29. The van der Waals surface area contributed by atoms with Crippen molar-refractivity contribution in [2.24, 2.45) is 5.73 Å². The molecular weight excluding hydrogens is 354 g/mol. The van der Waals surface area contributed by atoms with Gasteiger partial charge in [0.25, 0.3) is 0 Å². The molecule has 1 atom stereocenters. The molecule has 0 aromatic rings. The highest BCUT2D eigenvalue weighted by Crippen LogP contribution is 2.14. The monoisotopic (exact) mass is 397 g/mol. The molecule has 0 radical (unpaired) electrons. The molecule has 0 saturated heterocycles. The first kappa shape index (κ1) is 28.0. The van der Waals surface area contributed by atoms with Crippen molar-refractivity contribution in [3.8, 4) is 0 Å². The van der Waals surface area contributed by atoms with Crippen LogP contribution in [-0.2, 0) is 14.6 Å². The zero-order valence-corrected chi connectivity index (χ0v) is 18.0. The summed E-state index contributed by atoms with van der Waals surface area (Å²) in [5.41, 5.74) is 4.58. The topological polar surface area (TPSA) is 110 Å². The van der Waals surface area contributed by atoms with Crippen molar-refractivity contribution in [2.75, 3.05) is 7.11 Å². The Labute approximate surface area is 161 Å². The molecule has 0 saturated carbocycles. The molecule has 160 valence electrons. The first-order chi connectivity index (χ1) is 12.1. The van der Waals surface area contributed by atoms with Crippen molar-refractivity contribution in [3.05, 3.63) is 0 Å². The highest BCUT2D eigenvalue weighted by atomic mass is 32.3. The second-order valence-corrected chi connectivity index (χ2v) is 8.49. The van der Waals surface area contributed by atoms with E-state index in [9.17, 15) is 13.5 Å². The van der Waals surface area contributed by atoms with Gasteiger partial charge in [-0.2, -0.15) is 8.42 Å². The van der Waals surface area contributed by atoms with Crippen LogP contribution in [-0.4, -0.2) is 30.9 Å². The van der Waals surface area contributed by atoms with Gasteiger partial charge in [-0.05, 0) is 19.8 Å². The smallest absolute Gasteiger partial charge is 0.376 e. The maximum atomic E-state index is 9.39. The number of nitrogens with two attached hydrogens (primary N) is 1. The lowest BCUT2D eigenvalue weighted by Crippen LogP contribution is -2.35. The Morgan fingerprint density at radius 1 is 0.808 bits per heavy atom. The average Bonchev–Trinajstić information content (AvgIpc) is 2.54. The minimum Gasteiger partial charge on any atom is -0.376 e. The van der Waals surface area contributed by atoms with Gasteiger partial charge in [0, 0.05) is 0 Å². The van der Waals surface area contributed by atoms with Crippen LogP contribution in [0.4, 0.5) is 0 Å². The average molecular weight is 398 g/mol. The number of hydrogen-bond acceptors (Lipinski definition) is 5. The van der Waals surface area contributed by atoms with Gasteiger partial charge in [0.1, 0.15) is 5.72 Å². The first-order valence-corrected chi connectivity index (χ1v) is 11.5. The first-order valence-electron chi connectivity index (χ1n) is 10.2. The van der Waals surface area contributed by atoms with E-state index >= 15 is 0 Å². The minimum absolute atomic E-state index is 0.727. The lowest BCUT2D eigenvalue weighted by molar-refractivity contribution is 0.0550. The minimum atomic E-state index is -4.16. The lowest BCUT2D eigenvalue weighted by Gasteiger charge is -2.16. The van der Waals surface area contributed by atoms with E-state index in [1.54, 1.807) is 6.92 Å². The third-order valence-electron chi connectivity index (χ3n) is 4.25. The number of unbranched alkanes of at least 4 members (excludes halogenated alkanes) is 13. The normalized spacial score (nSPS) is 13.8. The Hall–Kier alpha value is -0.210. The van der Waals surface area contributed by atoms with E-state index < -0.39 is 16.1 Å². The van der Waals surface area contributed by atoms with E-state index in [0.29, 0.717) is 0 Å². The van der Waals surface area contributed by atoms with Crippen molar-refractivity contribution in [2.45, 2.75) is 116 Å². The Morgan fingerprint density at radius 2 is 1.08 bits per heavy atom. The van der Waals surface area contributed by atoms with Crippen LogP contribution in [0.2, 0.25) is 0 Å². The van der Waals surface area contributed by atoms with Crippen molar-refractivity contribution < 1.29 is 22.3 Å². The molecule has 6 nitrogen and oxygen atoms in total. The summed E-state index contributed by atoms with van der Waals surface area (Å²) in [4.78, 5) is 0. The summed E-state index contributed by atoms with van der Waals surface area (Å²) >= 11 is 0. The predicted octanol–water partition coefficient (Wildman–Crippen LogP) is 4.96. The summed E-state index contributed by atoms with van der Waals surface area (Å²) in [5, 5.41) is 9.39.